The van der Waals surface area contributed by atoms with E-state index in [1.807, 2.05) is 6.07 Å². The average Bonchev–Trinajstić information content (AvgIpc) is 2.46. The van der Waals surface area contributed by atoms with Gasteiger partial charge in [0.2, 0.25) is 0 Å². The van der Waals surface area contributed by atoms with Crippen molar-refractivity contribution in [3.05, 3.63) is 39.9 Å². The predicted molar refractivity (Wildman–Crippen MR) is 79.3 cm³/mol. The molecule has 110 valence electrons. The summed E-state index contributed by atoms with van der Waals surface area (Å²) in [6.07, 6.45) is 6.10. The van der Waals surface area contributed by atoms with Crippen LogP contribution in [-0.4, -0.2) is 23.0 Å². The molecule has 5 heteroatoms. The first kappa shape index (κ1) is 15.3. The van der Waals surface area contributed by atoms with E-state index in [9.17, 15) is 10.1 Å². The summed E-state index contributed by atoms with van der Waals surface area (Å²) in [5.41, 5.74) is 0.870. The van der Waals surface area contributed by atoms with E-state index in [4.69, 9.17) is 16.3 Å². The third kappa shape index (κ3) is 4.46. The Morgan fingerprint density at radius 2 is 2.20 bits per heavy atom. The van der Waals surface area contributed by atoms with Crippen molar-refractivity contribution in [2.45, 2.75) is 50.0 Å². The minimum absolute atomic E-state index is 0.0818. The molecule has 1 heterocycles. The second kappa shape index (κ2) is 7.60. The van der Waals surface area contributed by atoms with Crippen molar-refractivity contribution < 1.29 is 9.66 Å². The van der Waals surface area contributed by atoms with Gasteiger partial charge in [-0.15, -0.1) is 11.6 Å². The van der Waals surface area contributed by atoms with Gasteiger partial charge in [-0.1, -0.05) is 18.2 Å². The molecule has 0 bridgehead atoms. The molecule has 0 aromatic heterocycles. The zero-order chi connectivity index (χ0) is 14.4. The summed E-state index contributed by atoms with van der Waals surface area (Å²) < 4.78 is 5.67. The fourth-order valence-electron chi connectivity index (χ4n) is 2.60. The van der Waals surface area contributed by atoms with Crippen molar-refractivity contribution in [1.82, 2.24) is 0 Å². The zero-order valence-corrected chi connectivity index (χ0v) is 12.2. The number of nitrogens with zero attached hydrogens (tertiary/aromatic N) is 1. The summed E-state index contributed by atoms with van der Waals surface area (Å²) in [5.74, 6) is 0. The van der Waals surface area contributed by atoms with Crippen LogP contribution in [0.2, 0.25) is 0 Å². The third-order valence-corrected chi connectivity index (χ3v) is 4.08. The van der Waals surface area contributed by atoms with Gasteiger partial charge in [-0.3, -0.25) is 10.1 Å². The second-order valence-electron chi connectivity index (χ2n) is 5.25. The number of para-hydroxylation sites is 1. The molecule has 0 saturated carbocycles. The first-order valence-electron chi connectivity index (χ1n) is 7.15. The SMILES string of the molecule is O=[N+]([O-])c1ccccc1CC(Cl)CCC1CCCCO1. The van der Waals surface area contributed by atoms with E-state index < -0.39 is 0 Å². The quantitative estimate of drug-likeness (QED) is 0.451. The van der Waals surface area contributed by atoms with Crippen LogP contribution in [0.15, 0.2) is 24.3 Å². The first-order valence-corrected chi connectivity index (χ1v) is 7.58. The molecule has 20 heavy (non-hydrogen) atoms. The molecular weight excluding hydrogens is 278 g/mol. The van der Waals surface area contributed by atoms with Gasteiger partial charge in [0.05, 0.1) is 11.0 Å². The predicted octanol–water partition coefficient (Wildman–Crippen LogP) is 4.09. The van der Waals surface area contributed by atoms with Crippen molar-refractivity contribution in [3.8, 4) is 0 Å². The lowest BCUT2D eigenvalue weighted by Gasteiger charge is -2.23. The van der Waals surface area contributed by atoms with E-state index in [1.54, 1.807) is 12.1 Å². The zero-order valence-electron chi connectivity index (χ0n) is 11.5. The Bertz CT molecular complexity index is 446. The van der Waals surface area contributed by atoms with Gasteiger partial charge < -0.3 is 4.74 Å². The molecule has 1 saturated heterocycles. The molecular formula is C15H20ClNO3. The fourth-order valence-corrected chi connectivity index (χ4v) is 2.90. The maximum Gasteiger partial charge on any atom is 0.272 e. The van der Waals surface area contributed by atoms with Crippen molar-refractivity contribution in [3.63, 3.8) is 0 Å². The Hall–Kier alpha value is -1.13. The van der Waals surface area contributed by atoms with Crippen molar-refractivity contribution in [2.75, 3.05) is 6.61 Å². The summed E-state index contributed by atoms with van der Waals surface area (Å²) in [6.45, 7) is 0.849. The summed E-state index contributed by atoms with van der Waals surface area (Å²) >= 11 is 6.33. The standard InChI is InChI=1S/C15H20ClNO3/c16-13(8-9-14-6-3-4-10-20-14)11-12-5-1-2-7-15(12)17(18)19/h1-2,5,7,13-14H,3-4,6,8-11H2. The molecule has 1 fully saturated rings. The number of alkyl halides is 1. The first-order chi connectivity index (χ1) is 9.66. The third-order valence-electron chi connectivity index (χ3n) is 3.71. The lowest BCUT2D eigenvalue weighted by Crippen LogP contribution is -2.20. The molecule has 0 N–H and O–H groups in total. The normalized spacial score (nSPS) is 20.6. The van der Waals surface area contributed by atoms with E-state index >= 15 is 0 Å². The van der Waals surface area contributed by atoms with Crippen LogP contribution in [0.3, 0.4) is 0 Å². The monoisotopic (exact) mass is 297 g/mol. The molecule has 0 radical (unpaired) electrons. The average molecular weight is 298 g/mol. The topological polar surface area (TPSA) is 52.4 Å². The van der Waals surface area contributed by atoms with Gasteiger partial charge in [-0.25, -0.2) is 0 Å². The smallest absolute Gasteiger partial charge is 0.272 e. The molecule has 0 aliphatic carbocycles. The summed E-state index contributed by atoms with van der Waals surface area (Å²) in [7, 11) is 0. The van der Waals surface area contributed by atoms with Crippen LogP contribution >= 0.6 is 11.6 Å². The number of halogens is 1. The number of nitro benzene ring substituents is 1. The van der Waals surface area contributed by atoms with Gasteiger partial charge >= 0.3 is 0 Å². The Kier molecular flexibility index (Phi) is 5.80. The van der Waals surface area contributed by atoms with Crippen LogP contribution in [-0.2, 0) is 11.2 Å². The van der Waals surface area contributed by atoms with E-state index in [2.05, 4.69) is 0 Å². The van der Waals surface area contributed by atoms with E-state index in [1.165, 1.54) is 12.5 Å². The number of hydrogen-bond acceptors (Lipinski definition) is 3. The Balaban J connectivity index is 1.84. The minimum atomic E-state index is -0.344. The molecule has 1 aliphatic heterocycles. The molecule has 4 nitrogen and oxygen atoms in total. The number of benzene rings is 1. The molecule has 2 rings (SSSR count). The van der Waals surface area contributed by atoms with Gasteiger partial charge in [0.1, 0.15) is 0 Å². The van der Waals surface area contributed by atoms with Gasteiger partial charge in [0, 0.05) is 23.6 Å². The highest BCUT2D eigenvalue weighted by Gasteiger charge is 2.19. The van der Waals surface area contributed by atoms with Crippen LogP contribution in [0.25, 0.3) is 0 Å². The second-order valence-corrected chi connectivity index (χ2v) is 5.87. The van der Waals surface area contributed by atoms with Gasteiger partial charge in [0.25, 0.3) is 5.69 Å². The van der Waals surface area contributed by atoms with Gasteiger partial charge in [-0.05, 0) is 38.5 Å². The van der Waals surface area contributed by atoms with Crippen molar-refractivity contribution in [1.29, 1.82) is 0 Å². The Morgan fingerprint density at radius 1 is 1.40 bits per heavy atom. The molecule has 2 atom stereocenters. The highest BCUT2D eigenvalue weighted by atomic mass is 35.5. The van der Waals surface area contributed by atoms with Crippen LogP contribution in [0, 0.1) is 10.1 Å². The van der Waals surface area contributed by atoms with Crippen molar-refractivity contribution >= 4 is 17.3 Å². The molecule has 0 spiro atoms. The fraction of sp³-hybridized carbons (Fsp3) is 0.600. The Labute approximate surface area is 124 Å². The van der Waals surface area contributed by atoms with Crippen LogP contribution in [0.4, 0.5) is 5.69 Å². The van der Waals surface area contributed by atoms with E-state index in [-0.39, 0.29) is 16.0 Å². The van der Waals surface area contributed by atoms with Gasteiger partial charge in [-0.2, -0.15) is 0 Å². The molecule has 0 amide bonds. The summed E-state index contributed by atoms with van der Waals surface area (Å²) in [4.78, 5) is 10.6. The number of hydrogen-bond donors (Lipinski definition) is 0. The molecule has 1 aromatic carbocycles. The largest absolute Gasteiger partial charge is 0.378 e. The Morgan fingerprint density at radius 3 is 2.90 bits per heavy atom. The number of rotatable bonds is 6. The van der Waals surface area contributed by atoms with E-state index in [0.29, 0.717) is 18.1 Å². The highest BCUT2D eigenvalue weighted by molar-refractivity contribution is 6.20. The highest BCUT2D eigenvalue weighted by Crippen LogP contribution is 2.24. The van der Waals surface area contributed by atoms with Crippen LogP contribution in [0.5, 0.6) is 0 Å². The minimum Gasteiger partial charge on any atom is -0.378 e. The van der Waals surface area contributed by atoms with Gasteiger partial charge in [0.15, 0.2) is 0 Å². The van der Waals surface area contributed by atoms with E-state index in [0.717, 1.165) is 32.3 Å². The number of ether oxygens (including phenoxy) is 1. The molecule has 2 unspecified atom stereocenters. The molecule has 1 aliphatic rings. The maximum absolute atomic E-state index is 11.0. The summed E-state index contributed by atoms with van der Waals surface area (Å²) in [6, 6.07) is 6.81. The number of nitro groups is 1. The molecule has 1 aromatic rings. The lowest BCUT2D eigenvalue weighted by molar-refractivity contribution is -0.385. The lowest BCUT2D eigenvalue weighted by atomic mass is 10.00. The van der Waals surface area contributed by atoms with Crippen LogP contribution in [0.1, 0.15) is 37.7 Å². The van der Waals surface area contributed by atoms with Crippen molar-refractivity contribution in [2.24, 2.45) is 0 Å². The van der Waals surface area contributed by atoms with Crippen LogP contribution < -0.4 is 0 Å². The maximum atomic E-state index is 11.0. The summed E-state index contributed by atoms with van der Waals surface area (Å²) in [5, 5.41) is 10.9.